The number of thiazole rings is 1. The van der Waals surface area contributed by atoms with Gasteiger partial charge in [-0.25, -0.2) is 9.37 Å². The Kier molecular flexibility index (Phi) is 6.42. The second-order valence-corrected chi connectivity index (χ2v) is 7.87. The predicted molar refractivity (Wildman–Crippen MR) is 115 cm³/mol. The van der Waals surface area contributed by atoms with E-state index in [2.05, 4.69) is 31.7 Å². The quantitative estimate of drug-likeness (QED) is 0.558. The fourth-order valence-electron chi connectivity index (χ4n) is 3.33. The van der Waals surface area contributed by atoms with Crippen LogP contribution in [0.15, 0.2) is 36.4 Å². The maximum atomic E-state index is 14.3. The number of aryl methyl sites for hydroxylation is 2. The summed E-state index contributed by atoms with van der Waals surface area (Å²) >= 11 is 1.49. The van der Waals surface area contributed by atoms with Gasteiger partial charge >= 0.3 is 0 Å². The van der Waals surface area contributed by atoms with Gasteiger partial charge in [0, 0.05) is 13.1 Å². The molecule has 28 heavy (non-hydrogen) atoms. The second kappa shape index (κ2) is 8.80. The number of carbonyl (C=O) groups excluding carboxylic acids is 1. The zero-order valence-corrected chi connectivity index (χ0v) is 17.6. The number of aromatic nitrogens is 1. The van der Waals surface area contributed by atoms with Crippen LogP contribution in [0.1, 0.15) is 35.3 Å². The molecule has 0 unspecified atom stereocenters. The third-order valence-electron chi connectivity index (χ3n) is 4.92. The highest BCUT2D eigenvalue weighted by Crippen LogP contribution is 2.33. The first-order valence-corrected chi connectivity index (χ1v) is 10.4. The SMILES string of the molecule is CCN(CC)CCN(C(=O)c1ccccc1F)c1nc2cc(C)cc(C)c2s1. The summed E-state index contributed by atoms with van der Waals surface area (Å²) in [5.74, 6) is -0.854. The van der Waals surface area contributed by atoms with Gasteiger partial charge in [-0.3, -0.25) is 9.69 Å². The Morgan fingerprint density at radius 2 is 1.82 bits per heavy atom. The molecule has 4 nitrogen and oxygen atoms in total. The van der Waals surface area contributed by atoms with Crippen LogP contribution < -0.4 is 4.90 Å². The molecule has 0 aliphatic heterocycles. The van der Waals surface area contributed by atoms with E-state index < -0.39 is 5.82 Å². The van der Waals surface area contributed by atoms with Gasteiger partial charge in [0.25, 0.3) is 5.91 Å². The summed E-state index contributed by atoms with van der Waals surface area (Å²) in [6, 6.07) is 10.3. The minimum atomic E-state index is -0.506. The highest BCUT2D eigenvalue weighted by molar-refractivity contribution is 7.22. The van der Waals surface area contributed by atoms with Gasteiger partial charge in [0.15, 0.2) is 5.13 Å². The Labute approximate surface area is 169 Å². The van der Waals surface area contributed by atoms with E-state index >= 15 is 0 Å². The van der Waals surface area contributed by atoms with Gasteiger partial charge in [0.2, 0.25) is 0 Å². The van der Waals surface area contributed by atoms with E-state index in [4.69, 9.17) is 4.98 Å². The van der Waals surface area contributed by atoms with Gasteiger partial charge in [0.05, 0.1) is 15.8 Å². The molecule has 0 spiro atoms. The van der Waals surface area contributed by atoms with Crippen molar-refractivity contribution in [2.45, 2.75) is 27.7 Å². The molecule has 0 radical (unpaired) electrons. The topological polar surface area (TPSA) is 36.4 Å². The summed E-state index contributed by atoms with van der Waals surface area (Å²) in [5.41, 5.74) is 3.23. The number of fused-ring (bicyclic) bond motifs is 1. The normalized spacial score (nSPS) is 11.4. The zero-order valence-electron chi connectivity index (χ0n) is 16.8. The monoisotopic (exact) mass is 399 g/mol. The number of nitrogens with zero attached hydrogens (tertiary/aromatic N) is 3. The van der Waals surface area contributed by atoms with Crippen molar-refractivity contribution in [1.82, 2.24) is 9.88 Å². The first kappa shape index (κ1) is 20.4. The van der Waals surface area contributed by atoms with E-state index in [9.17, 15) is 9.18 Å². The van der Waals surface area contributed by atoms with Gasteiger partial charge < -0.3 is 4.90 Å². The lowest BCUT2D eigenvalue weighted by atomic mass is 10.1. The standard InChI is InChI=1S/C22H26FN3OS/c1-5-25(6-2)11-12-26(21(27)17-9-7-8-10-18(17)23)22-24-19-14-15(3)13-16(4)20(19)28-22/h7-10,13-14H,5-6,11-12H2,1-4H3. The Morgan fingerprint density at radius 1 is 1.11 bits per heavy atom. The maximum absolute atomic E-state index is 14.3. The first-order valence-electron chi connectivity index (χ1n) is 9.61. The number of hydrogen-bond acceptors (Lipinski definition) is 4. The van der Waals surface area contributed by atoms with Crippen LogP contribution in [-0.4, -0.2) is 42.0 Å². The predicted octanol–water partition coefficient (Wildman–Crippen LogP) is 5.04. The minimum Gasteiger partial charge on any atom is -0.302 e. The lowest BCUT2D eigenvalue weighted by Crippen LogP contribution is -2.39. The molecular formula is C22H26FN3OS. The lowest BCUT2D eigenvalue weighted by molar-refractivity contribution is 0.0980. The van der Waals surface area contributed by atoms with Gasteiger partial charge in [-0.05, 0) is 56.3 Å². The molecule has 0 saturated carbocycles. The van der Waals surface area contributed by atoms with Crippen LogP contribution in [-0.2, 0) is 0 Å². The molecule has 0 aliphatic rings. The Balaban J connectivity index is 2.02. The highest BCUT2D eigenvalue weighted by atomic mass is 32.1. The number of amides is 1. The fourth-order valence-corrected chi connectivity index (χ4v) is 4.37. The van der Waals surface area contributed by atoms with Gasteiger partial charge in [0.1, 0.15) is 5.82 Å². The molecular weight excluding hydrogens is 373 g/mol. The van der Waals surface area contributed by atoms with E-state index in [-0.39, 0.29) is 11.5 Å². The maximum Gasteiger partial charge on any atom is 0.263 e. The summed E-state index contributed by atoms with van der Waals surface area (Å²) in [5, 5.41) is 0.615. The van der Waals surface area contributed by atoms with Crippen LogP contribution in [0.5, 0.6) is 0 Å². The number of benzene rings is 2. The number of anilines is 1. The second-order valence-electron chi connectivity index (χ2n) is 6.89. The summed E-state index contributed by atoms with van der Waals surface area (Å²) in [4.78, 5) is 21.8. The molecule has 0 fully saturated rings. The van der Waals surface area contributed by atoms with E-state index in [1.807, 2.05) is 13.0 Å². The molecule has 0 atom stereocenters. The molecule has 0 bridgehead atoms. The molecule has 3 aromatic rings. The van der Waals surface area contributed by atoms with E-state index in [0.29, 0.717) is 18.2 Å². The molecule has 1 aromatic heterocycles. The smallest absolute Gasteiger partial charge is 0.263 e. The van der Waals surface area contributed by atoms with Crippen LogP contribution >= 0.6 is 11.3 Å². The number of hydrogen-bond donors (Lipinski definition) is 0. The van der Waals surface area contributed by atoms with Gasteiger partial charge in [-0.15, -0.1) is 0 Å². The summed E-state index contributed by atoms with van der Waals surface area (Å²) in [6.07, 6.45) is 0. The van der Waals surface area contributed by atoms with Crippen molar-refractivity contribution in [3.63, 3.8) is 0 Å². The average molecular weight is 400 g/mol. The average Bonchev–Trinajstić information content (AvgIpc) is 3.09. The minimum absolute atomic E-state index is 0.0780. The van der Waals surface area contributed by atoms with Crippen LogP contribution in [0, 0.1) is 19.7 Å². The van der Waals surface area contributed by atoms with Crippen molar-refractivity contribution in [1.29, 1.82) is 0 Å². The van der Waals surface area contributed by atoms with Gasteiger partial charge in [-0.1, -0.05) is 43.4 Å². The molecule has 0 saturated heterocycles. The van der Waals surface area contributed by atoms with Crippen LogP contribution in [0.25, 0.3) is 10.2 Å². The van der Waals surface area contributed by atoms with Crippen LogP contribution in [0.4, 0.5) is 9.52 Å². The largest absolute Gasteiger partial charge is 0.302 e. The zero-order chi connectivity index (χ0) is 20.3. The third-order valence-corrected chi connectivity index (χ3v) is 6.15. The van der Waals surface area contributed by atoms with Crippen molar-refractivity contribution >= 4 is 32.6 Å². The Morgan fingerprint density at radius 3 is 2.50 bits per heavy atom. The molecule has 3 rings (SSSR count). The summed E-state index contributed by atoms with van der Waals surface area (Å²) in [6.45, 7) is 11.2. The fraction of sp³-hybridized carbons (Fsp3) is 0.364. The summed E-state index contributed by atoms with van der Waals surface area (Å²) < 4.78 is 15.4. The molecule has 6 heteroatoms. The van der Waals surface area contributed by atoms with E-state index in [1.165, 1.54) is 23.5 Å². The Hall–Kier alpha value is -2.31. The van der Waals surface area contributed by atoms with Crippen molar-refractivity contribution in [2.24, 2.45) is 0 Å². The lowest BCUT2D eigenvalue weighted by Gasteiger charge is -2.24. The Bertz CT molecular complexity index is 981. The third kappa shape index (κ3) is 4.23. The number of likely N-dealkylation sites (N-methyl/N-ethyl adjacent to an activating group) is 1. The molecule has 0 aliphatic carbocycles. The van der Waals surface area contributed by atoms with Crippen molar-refractivity contribution in [3.8, 4) is 0 Å². The summed E-state index contributed by atoms with van der Waals surface area (Å²) in [7, 11) is 0. The van der Waals surface area contributed by atoms with Crippen molar-refractivity contribution in [3.05, 3.63) is 58.9 Å². The van der Waals surface area contributed by atoms with Crippen molar-refractivity contribution < 1.29 is 9.18 Å². The molecule has 148 valence electrons. The van der Waals surface area contributed by atoms with E-state index in [0.717, 1.165) is 34.4 Å². The number of carbonyl (C=O) groups is 1. The molecule has 2 aromatic carbocycles. The first-order chi connectivity index (χ1) is 13.4. The van der Waals surface area contributed by atoms with Crippen LogP contribution in [0.2, 0.25) is 0 Å². The van der Waals surface area contributed by atoms with Crippen LogP contribution in [0.3, 0.4) is 0 Å². The van der Waals surface area contributed by atoms with Crippen molar-refractivity contribution in [2.75, 3.05) is 31.1 Å². The molecule has 1 heterocycles. The highest BCUT2D eigenvalue weighted by Gasteiger charge is 2.24. The molecule has 0 N–H and O–H groups in total. The number of rotatable bonds is 7. The molecule has 1 amide bonds. The van der Waals surface area contributed by atoms with E-state index in [1.54, 1.807) is 17.0 Å². The number of halogens is 1. The van der Waals surface area contributed by atoms with Gasteiger partial charge in [-0.2, -0.15) is 0 Å².